The fourth-order valence-electron chi connectivity index (χ4n) is 4.23. The summed E-state index contributed by atoms with van der Waals surface area (Å²) in [6.07, 6.45) is 5.72. The van der Waals surface area contributed by atoms with Crippen molar-refractivity contribution in [2.24, 2.45) is 0 Å². The van der Waals surface area contributed by atoms with E-state index in [4.69, 9.17) is 4.74 Å². The third-order valence-corrected chi connectivity index (χ3v) is 8.22. The first kappa shape index (κ1) is 28.2. The van der Waals surface area contributed by atoms with Gasteiger partial charge in [0.05, 0.1) is 11.1 Å². The summed E-state index contributed by atoms with van der Waals surface area (Å²) in [5.74, 6) is 0.619. The quantitative estimate of drug-likeness (QED) is 0.198. The zero-order chi connectivity index (χ0) is 29.0. The van der Waals surface area contributed by atoms with Gasteiger partial charge in [-0.1, -0.05) is 24.3 Å². The summed E-state index contributed by atoms with van der Waals surface area (Å²) in [4.78, 5) is 21.8. The average Bonchev–Trinajstić information content (AvgIpc) is 3.29. The Labute approximate surface area is 240 Å². The molecule has 210 valence electrons. The van der Waals surface area contributed by atoms with Crippen molar-refractivity contribution in [2.45, 2.75) is 13.5 Å². The normalized spacial score (nSPS) is 11.8. The average molecular weight is 591 g/mol. The first-order valence-corrected chi connectivity index (χ1v) is 15.6. The number of hydrogen-bond donors (Lipinski definition) is 2. The van der Waals surface area contributed by atoms with Crippen LogP contribution in [0.25, 0.3) is 26.4 Å². The van der Waals surface area contributed by atoms with E-state index in [-0.39, 0.29) is 30.6 Å². The van der Waals surface area contributed by atoms with Crippen molar-refractivity contribution in [1.82, 2.24) is 15.3 Å². The number of nitrogens with zero attached hydrogens (tertiary/aromatic N) is 2. The first-order chi connectivity index (χ1) is 19.6. The number of rotatable bonds is 10. The van der Waals surface area contributed by atoms with Crippen molar-refractivity contribution in [2.75, 3.05) is 23.9 Å². The SMILES string of the molecule is Cc1cc(Nc2ncnc3sc4cc(/C=C/C(=O)NCCS(C)(=O)=O)ccc4c23)ccc1OCc1cccc(F)c1. The van der Waals surface area contributed by atoms with Crippen LogP contribution in [-0.2, 0) is 21.2 Å². The second-order valence-electron chi connectivity index (χ2n) is 9.54. The van der Waals surface area contributed by atoms with Gasteiger partial charge in [-0.05, 0) is 66.1 Å². The van der Waals surface area contributed by atoms with E-state index in [1.165, 1.54) is 35.9 Å². The Morgan fingerprint density at radius 2 is 1.95 bits per heavy atom. The molecule has 0 bridgehead atoms. The summed E-state index contributed by atoms with van der Waals surface area (Å²) in [6.45, 7) is 2.28. The Kier molecular flexibility index (Phi) is 8.27. The predicted octanol–water partition coefficient (Wildman–Crippen LogP) is 5.79. The maximum Gasteiger partial charge on any atom is 0.244 e. The molecule has 1 amide bonds. The lowest BCUT2D eigenvalue weighted by atomic mass is 10.1. The van der Waals surface area contributed by atoms with E-state index in [9.17, 15) is 17.6 Å². The molecule has 0 aliphatic rings. The summed E-state index contributed by atoms with van der Waals surface area (Å²) >= 11 is 1.52. The van der Waals surface area contributed by atoms with E-state index in [0.717, 1.165) is 48.9 Å². The van der Waals surface area contributed by atoms with Gasteiger partial charge in [0.1, 0.15) is 45.0 Å². The van der Waals surface area contributed by atoms with Gasteiger partial charge in [-0.2, -0.15) is 0 Å². The lowest BCUT2D eigenvalue weighted by molar-refractivity contribution is -0.116. The number of anilines is 2. The molecule has 0 saturated heterocycles. The molecule has 5 rings (SSSR count). The fourth-order valence-corrected chi connectivity index (χ4v) is 5.79. The molecule has 8 nitrogen and oxygen atoms in total. The maximum absolute atomic E-state index is 13.5. The number of halogens is 1. The lowest BCUT2D eigenvalue weighted by Gasteiger charge is -2.12. The Balaban J connectivity index is 1.31. The van der Waals surface area contributed by atoms with Gasteiger partial charge in [0, 0.05) is 34.7 Å². The standard InChI is InChI=1S/C30H27FN4O4S2/c1-19-14-23(8-10-25(19)39-17-21-4-3-5-22(31)15-21)35-29-28-24-9-6-20(16-26(24)40-30(28)34-18-33-29)7-11-27(36)32-12-13-41(2,37)38/h3-11,14-16,18H,12-13,17H2,1-2H3,(H,32,36)(H,33,34,35)/b11-7+. The van der Waals surface area contributed by atoms with Crippen molar-refractivity contribution < 1.29 is 22.3 Å². The van der Waals surface area contributed by atoms with Gasteiger partial charge in [0.2, 0.25) is 5.91 Å². The van der Waals surface area contributed by atoms with Gasteiger partial charge in [-0.25, -0.2) is 22.8 Å². The summed E-state index contributed by atoms with van der Waals surface area (Å²) in [5.41, 5.74) is 3.34. The molecule has 0 aliphatic carbocycles. The molecule has 11 heteroatoms. The number of fused-ring (bicyclic) bond motifs is 3. The highest BCUT2D eigenvalue weighted by Crippen LogP contribution is 2.38. The molecule has 0 unspecified atom stereocenters. The molecule has 2 heterocycles. The second-order valence-corrected chi connectivity index (χ2v) is 12.8. The highest BCUT2D eigenvalue weighted by atomic mass is 32.2. The van der Waals surface area contributed by atoms with Crippen molar-refractivity contribution in [1.29, 1.82) is 0 Å². The van der Waals surface area contributed by atoms with Gasteiger partial charge in [-0.3, -0.25) is 4.79 Å². The number of benzene rings is 3. The van der Waals surface area contributed by atoms with Crippen LogP contribution in [0.5, 0.6) is 5.75 Å². The number of carbonyl (C=O) groups excluding carboxylic acids is 1. The molecule has 2 N–H and O–H groups in total. The molecule has 2 aromatic heterocycles. The molecular weight excluding hydrogens is 563 g/mol. The number of aromatic nitrogens is 2. The topological polar surface area (TPSA) is 110 Å². The number of amides is 1. The maximum atomic E-state index is 13.5. The predicted molar refractivity (Wildman–Crippen MR) is 162 cm³/mol. The van der Waals surface area contributed by atoms with Crippen LogP contribution in [0.3, 0.4) is 0 Å². The molecule has 0 fully saturated rings. The Hall–Kier alpha value is -4.35. The van der Waals surface area contributed by atoms with E-state index in [1.54, 1.807) is 12.1 Å². The van der Waals surface area contributed by atoms with Crippen LogP contribution >= 0.6 is 11.3 Å². The van der Waals surface area contributed by atoms with Crippen molar-refractivity contribution in [3.05, 3.63) is 95.6 Å². The van der Waals surface area contributed by atoms with Crippen LogP contribution in [0.15, 0.2) is 73.1 Å². The molecule has 5 aromatic rings. The van der Waals surface area contributed by atoms with E-state index in [2.05, 4.69) is 20.6 Å². The Morgan fingerprint density at radius 3 is 2.73 bits per heavy atom. The highest BCUT2D eigenvalue weighted by Gasteiger charge is 2.13. The van der Waals surface area contributed by atoms with Gasteiger partial charge in [0.25, 0.3) is 0 Å². The van der Waals surface area contributed by atoms with Crippen LogP contribution in [0.4, 0.5) is 15.9 Å². The van der Waals surface area contributed by atoms with Crippen LogP contribution in [0.2, 0.25) is 0 Å². The summed E-state index contributed by atoms with van der Waals surface area (Å²) < 4.78 is 42.8. The van der Waals surface area contributed by atoms with Crippen LogP contribution in [0, 0.1) is 12.7 Å². The van der Waals surface area contributed by atoms with Crippen LogP contribution in [-0.4, -0.2) is 42.8 Å². The third kappa shape index (κ3) is 7.24. The van der Waals surface area contributed by atoms with E-state index < -0.39 is 9.84 Å². The smallest absolute Gasteiger partial charge is 0.244 e. The number of hydrogen-bond acceptors (Lipinski definition) is 8. The van der Waals surface area contributed by atoms with Gasteiger partial charge in [0.15, 0.2) is 0 Å². The monoisotopic (exact) mass is 590 g/mol. The van der Waals surface area contributed by atoms with Crippen molar-refractivity contribution in [3.63, 3.8) is 0 Å². The fraction of sp³-hybridized carbons (Fsp3) is 0.167. The summed E-state index contributed by atoms with van der Waals surface area (Å²) in [7, 11) is -3.13. The minimum Gasteiger partial charge on any atom is -0.489 e. The second kappa shape index (κ2) is 12.0. The van der Waals surface area contributed by atoms with Crippen molar-refractivity contribution >= 4 is 65.0 Å². The molecule has 0 spiro atoms. The zero-order valence-electron chi connectivity index (χ0n) is 22.3. The number of aryl methyl sites for hydroxylation is 1. The Morgan fingerprint density at radius 1 is 1.10 bits per heavy atom. The van der Waals surface area contributed by atoms with E-state index >= 15 is 0 Å². The number of thiophene rings is 1. The van der Waals surface area contributed by atoms with Crippen LogP contribution in [0.1, 0.15) is 16.7 Å². The van der Waals surface area contributed by atoms with E-state index in [1.807, 2.05) is 49.4 Å². The summed E-state index contributed by atoms with van der Waals surface area (Å²) in [6, 6.07) is 17.9. The third-order valence-electron chi connectivity index (χ3n) is 6.21. The van der Waals surface area contributed by atoms with Crippen LogP contribution < -0.4 is 15.4 Å². The zero-order valence-corrected chi connectivity index (χ0v) is 24.0. The molecule has 0 atom stereocenters. The minimum absolute atomic E-state index is 0.0655. The molecule has 0 radical (unpaired) electrons. The number of sulfone groups is 1. The molecule has 0 aliphatic heterocycles. The molecule has 41 heavy (non-hydrogen) atoms. The number of nitrogens with one attached hydrogen (secondary N) is 2. The highest BCUT2D eigenvalue weighted by molar-refractivity contribution is 7.90. The lowest BCUT2D eigenvalue weighted by Crippen LogP contribution is -2.27. The van der Waals surface area contributed by atoms with E-state index in [0.29, 0.717) is 11.6 Å². The van der Waals surface area contributed by atoms with Gasteiger partial charge >= 0.3 is 0 Å². The molecule has 3 aromatic carbocycles. The Bertz CT molecular complexity index is 1890. The minimum atomic E-state index is -3.13. The van der Waals surface area contributed by atoms with Crippen molar-refractivity contribution in [3.8, 4) is 5.75 Å². The van der Waals surface area contributed by atoms with Gasteiger partial charge in [-0.15, -0.1) is 11.3 Å². The largest absolute Gasteiger partial charge is 0.489 e. The molecular formula is C30H27FN4O4S2. The first-order valence-electron chi connectivity index (χ1n) is 12.7. The number of ether oxygens (including phenoxy) is 1. The van der Waals surface area contributed by atoms with Gasteiger partial charge < -0.3 is 15.4 Å². The number of carbonyl (C=O) groups is 1. The molecule has 0 saturated carbocycles. The summed E-state index contributed by atoms with van der Waals surface area (Å²) in [5, 5.41) is 7.85.